The summed E-state index contributed by atoms with van der Waals surface area (Å²) in [5, 5.41) is 120. The van der Waals surface area contributed by atoms with E-state index in [1.807, 2.05) is 0 Å². The lowest BCUT2D eigenvalue weighted by atomic mass is 9.97. The van der Waals surface area contributed by atoms with E-state index in [9.17, 15) is 141 Å². The zero-order valence-electron chi connectivity index (χ0n) is 86.4. The Balaban J connectivity index is 3.47. The summed E-state index contributed by atoms with van der Waals surface area (Å²) in [6.45, 7) is 10.2. The number of aliphatic carboxylic acids is 2. The molecule has 0 bridgehead atoms. The number of carbonyl (C=O) groups is 23. The lowest BCUT2D eigenvalue weighted by molar-refractivity contribution is -0.142. The first kappa shape index (κ1) is 135. The van der Waals surface area contributed by atoms with Crippen molar-refractivity contribution < 1.29 is 141 Å². The SMILES string of the molecule is CC[C@H](C)[C@H](NC(=O)[C@H](CCCNC(=N)N)NC(=O)[C@H](CC(=O)O)NC(=O)[C@H](CC(C)C)NC(=O)[C@H](CCCCN)NC(=O)[C@H](CC(C)C)NC(=O)CNC(=O)[C@H](Cc1ccccc1)NC(=O)[C@H](CS)NC(=O)CNC(=O)[C@H](CCCCN)NC(=O)[C@H](CO)NC(=O)[C@H](CC(C)C)NC(=O)CN)C(=O)NCC(=O)N[C@@H](CO)C(=O)N[C@H](C(=O)N[C@@H](CO)C(=O)NCC(=O)N[C@@H](CC(C)C)C(=O)NCC(=O)N[C@@H](CS)C(=O)O)[C@@H](C)O. The molecular weight excluding hydrogens is 2010 g/mol. The van der Waals surface area contributed by atoms with Crippen molar-refractivity contribution in [1.29, 1.82) is 5.41 Å². The summed E-state index contributed by atoms with van der Waals surface area (Å²) in [6, 6.07) is -17.1. The van der Waals surface area contributed by atoms with Gasteiger partial charge in [-0.15, -0.1) is 0 Å². The number of hydrogen-bond acceptors (Lipinski definition) is 33. The van der Waals surface area contributed by atoms with Crippen LogP contribution in [0.2, 0.25) is 0 Å². The van der Waals surface area contributed by atoms with Crippen molar-refractivity contribution in [3.8, 4) is 0 Å². The molecule has 1 rings (SSSR count). The van der Waals surface area contributed by atoms with Crippen molar-refractivity contribution in [2.45, 2.75) is 275 Å². The van der Waals surface area contributed by atoms with Gasteiger partial charge in [0.25, 0.3) is 0 Å². The van der Waals surface area contributed by atoms with E-state index < -0.39 is 322 Å². The number of rotatable bonds is 75. The lowest BCUT2D eigenvalue weighted by Crippen LogP contribution is -2.61. The molecule has 0 heterocycles. The number of aliphatic hydroxyl groups is 4. The molecule has 0 spiro atoms. The normalized spacial score (nSPS) is 14.7. The van der Waals surface area contributed by atoms with E-state index in [1.54, 1.807) is 92.6 Å². The van der Waals surface area contributed by atoms with Crippen molar-refractivity contribution in [1.82, 2.24) is 117 Å². The minimum absolute atomic E-state index is 0.0146. The molecule has 0 fully saturated rings. The first-order valence-electron chi connectivity index (χ1n) is 49.2. The van der Waals surface area contributed by atoms with Gasteiger partial charge < -0.3 is 171 Å². The Morgan fingerprint density at radius 2 is 0.620 bits per heavy atom. The summed E-state index contributed by atoms with van der Waals surface area (Å²) in [6.07, 6.45) is -2.49. The monoisotopic (exact) mass is 2170 g/mol. The van der Waals surface area contributed by atoms with Crippen molar-refractivity contribution in [2.75, 3.05) is 90.2 Å². The zero-order chi connectivity index (χ0) is 114. The molecule has 150 heavy (non-hydrogen) atoms. The van der Waals surface area contributed by atoms with E-state index in [2.05, 4.69) is 142 Å². The molecule has 0 aliphatic heterocycles. The van der Waals surface area contributed by atoms with Gasteiger partial charge >= 0.3 is 11.9 Å². The van der Waals surface area contributed by atoms with Crippen LogP contribution in [0, 0.1) is 35.0 Å². The van der Waals surface area contributed by atoms with Crippen LogP contribution >= 0.6 is 25.3 Å². The van der Waals surface area contributed by atoms with Gasteiger partial charge in [0.05, 0.1) is 71.6 Å². The van der Waals surface area contributed by atoms with Gasteiger partial charge in [-0.2, -0.15) is 25.3 Å². The van der Waals surface area contributed by atoms with Gasteiger partial charge in [0.15, 0.2) is 5.96 Å². The fourth-order valence-electron chi connectivity index (χ4n) is 14.2. The number of benzene rings is 1. The zero-order valence-corrected chi connectivity index (χ0v) is 88.2. The van der Waals surface area contributed by atoms with E-state index in [0.29, 0.717) is 24.8 Å². The first-order valence-corrected chi connectivity index (χ1v) is 50.5. The maximum atomic E-state index is 14.7. The van der Waals surface area contributed by atoms with Crippen LogP contribution in [0.25, 0.3) is 0 Å². The maximum absolute atomic E-state index is 14.7. The lowest BCUT2D eigenvalue weighted by Gasteiger charge is -2.29. The molecule has 0 saturated carbocycles. The molecule has 37 N–H and O–H groups in total. The molecule has 0 aliphatic rings. The summed E-state index contributed by atoms with van der Waals surface area (Å²) in [5.74, 6) is -27.4. The highest BCUT2D eigenvalue weighted by molar-refractivity contribution is 7.80. The van der Waals surface area contributed by atoms with Crippen molar-refractivity contribution in [2.24, 2.45) is 52.5 Å². The molecule has 21 amide bonds. The van der Waals surface area contributed by atoms with Crippen LogP contribution in [0.1, 0.15) is 172 Å². The second kappa shape index (κ2) is 73.0. The number of thiol groups is 2. The third kappa shape index (κ3) is 54.3. The van der Waals surface area contributed by atoms with Crippen molar-refractivity contribution in [3.63, 3.8) is 0 Å². The first-order chi connectivity index (χ1) is 70.7. The average molecular weight is 2170 g/mol. The highest BCUT2D eigenvalue weighted by Gasteiger charge is 2.40. The molecule has 0 aliphatic carbocycles. The summed E-state index contributed by atoms with van der Waals surface area (Å²) in [7, 11) is 0. The quantitative estimate of drug-likeness (QED) is 0.0125. The fraction of sp³-hybridized carbons (Fsp3) is 0.674. The number of amides is 21. The van der Waals surface area contributed by atoms with Crippen LogP contribution in [-0.4, -0.2) is 366 Å². The number of aliphatic hydroxyl groups excluding tert-OH is 4. The number of hydrogen-bond donors (Lipinski definition) is 35. The Hall–Kier alpha value is -13.3. The molecule has 18 atom stereocenters. The number of nitrogens with one attached hydrogen (secondary N) is 23. The van der Waals surface area contributed by atoms with Gasteiger partial charge in [-0.1, -0.05) is 106 Å². The second-order valence-corrected chi connectivity index (χ2v) is 37.9. The number of carboxylic acids is 2. The largest absolute Gasteiger partial charge is 0.481 e. The molecule has 0 aromatic heterocycles. The minimum Gasteiger partial charge on any atom is -0.481 e. The second-order valence-electron chi connectivity index (χ2n) is 37.2. The number of unbranched alkanes of at least 4 members (excludes halogenated alkanes) is 2. The van der Waals surface area contributed by atoms with Crippen molar-refractivity contribution >= 4 is 167 Å². The Kier molecular flexibility index (Phi) is 65.5. The van der Waals surface area contributed by atoms with Gasteiger partial charge in [-0.25, -0.2) is 4.79 Å². The fourth-order valence-corrected chi connectivity index (χ4v) is 14.7. The summed E-state index contributed by atoms with van der Waals surface area (Å²) >= 11 is 8.11. The molecule has 58 heteroatoms. The topological polar surface area (TPSA) is 907 Å². The molecule has 0 saturated heterocycles. The third-order valence-electron chi connectivity index (χ3n) is 22.4. The smallest absolute Gasteiger partial charge is 0.327 e. The number of carbonyl (C=O) groups excluding carboxylic acids is 21. The summed E-state index contributed by atoms with van der Waals surface area (Å²) in [5.41, 5.74) is 23.0. The van der Waals surface area contributed by atoms with E-state index in [1.165, 1.54) is 6.92 Å². The number of guanidine groups is 1. The van der Waals surface area contributed by atoms with Gasteiger partial charge in [0.1, 0.15) is 96.7 Å². The maximum Gasteiger partial charge on any atom is 0.327 e. The third-order valence-corrected chi connectivity index (χ3v) is 23.1. The van der Waals surface area contributed by atoms with Crippen LogP contribution in [0.5, 0.6) is 0 Å². The average Bonchev–Trinajstić information content (AvgIpc) is 0.863. The minimum atomic E-state index is -2.04. The Labute approximate surface area is 880 Å². The van der Waals surface area contributed by atoms with Gasteiger partial charge in [0, 0.05) is 24.5 Å². The van der Waals surface area contributed by atoms with Gasteiger partial charge in [-0.3, -0.25) is 111 Å². The van der Waals surface area contributed by atoms with Crippen molar-refractivity contribution in [3.05, 3.63) is 35.9 Å². The standard InChI is InChI=1S/C92H157N27O29S2/c1-12-50(10)74(89(145)103-40-70(127)107-63(42-121)87(143)119-75(51(11)123)90(146)117-62(41-120)79(135)102-37-68(125)105-56(29-46(2)3)77(133)100-39-72(129)109-66(45-150)91(147)148)118-81(137)55(25-20-28-98-92(96)97)112-85(141)61(34-73(130)131)115-84(140)59(32-49(8)9)113-80(136)54(24-17-19-27-94)111-82(138)58(31-48(6)7)106-69(126)36-101-78(134)60(33-52-21-14-13-15-22-52)114-88(144)65(44-149)108-71(128)38-99-76(132)53(23-16-18-26-93)110-86(142)64(43-122)116-83(139)57(30-47(4)5)104-67(124)35-95/h13-15,21-22,46-51,53-66,74-75,120-123,149-150H,12,16-20,23-45,93-95H2,1-11H3,(H,99,132)(H,100,133)(H,101,134)(H,102,135)(H,103,145)(H,104,124)(H,105,125)(H,106,126)(H,107,127)(H,108,128)(H,109,129)(H,110,142)(H,111,138)(H,112,141)(H,113,136)(H,114,144)(H,115,140)(H,116,139)(H,117,146)(H,118,137)(H,119,143)(H,130,131)(H,147,148)(H4,96,97,98)/t50-,51+,53-,54-,55-,56-,57-,58-,59-,60-,61-,62-,63-,64-,65-,66-,74-,75-/m0/s1. The number of carboxylic acid groups (broad SMARTS) is 2. The van der Waals surface area contributed by atoms with Crippen LogP contribution in [0.3, 0.4) is 0 Å². The van der Waals surface area contributed by atoms with E-state index in [0.717, 1.165) is 6.92 Å². The van der Waals surface area contributed by atoms with E-state index >= 15 is 0 Å². The predicted molar refractivity (Wildman–Crippen MR) is 548 cm³/mol. The molecule has 1 aromatic rings. The van der Waals surface area contributed by atoms with Crippen LogP contribution in [-0.2, 0) is 117 Å². The molecule has 0 radical (unpaired) electrons. The van der Waals surface area contributed by atoms with Gasteiger partial charge in [0.2, 0.25) is 124 Å². The Morgan fingerprint density at radius 1 is 0.327 bits per heavy atom. The Bertz CT molecular complexity index is 4630. The van der Waals surface area contributed by atoms with Crippen LogP contribution < -0.4 is 140 Å². The summed E-state index contributed by atoms with van der Waals surface area (Å²) < 4.78 is 0. The molecule has 1 aromatic carbocycles. The van der Waals surface area contributed by atoms with Crippen LogP contribution in [0.15, 0.2) is 30.3 Å². The van der Waals surface area contributed by atoms with Gasteiger partial charge in [-0.05, 0) is 132 Å². The molecule has 846 valence electrons. The highest BCUT2D eigenvalue weighted by atomic mass is 32.1. The molecule has 0 unspecified atom stereocenters. The predicted octanol–water partition coefficient (Wildman–Crippen LogP) is -11.9. The summed E-state index contributed by atoms with van der Waals surface area (Å²) in [4.78, 5) is 311. The molecule has 56 nitrogen and oxygen atoms in total. The van der Waals surface area contributed by atoms with E-state index in [4.69, 9.17) is 28.3 Å². The van der Waals surface area contributed by atoms with Crippen LogP contribution in [0.4, 0.5) is 0 Å². The van der Waals surface area contributed by atoms with E-state index in [-0.39, 0.29) is 120 Å². The highest BCUT2D eigenvalue weighted by Crippen LogP contribution is 2.17. The molecular formula is C92H157N27O29S2. The number of nitrogens with two attached hydrogens (primary N) is 4. The Morgan fingerprint density at radius 3 is 1.02 bits per heavy atom.